The molecule has 1 fully saturated rings. The Morgan fingerprint density at radius 1 is 1.21 bits per heavy atom. The third-order valence-corrected chi connectivity index (χ3v) is 6.33. The van der Waals surface area contributed by atoms with Crippen LogP contribution in [0.25, 0.3) is 10.9 Å². The molecular weight excluding hydrogens is 460 g/mol. The van der Waals surface area contributed by atoms with Crippen LogP contribution in [0.2, 0.25) is 5.15 Å². The van der Waals surface area contributed by atoms with Crippen molar-refractivity contribution in [2.75, 3.05) is 45.2 Å². The van der Waals surface area contributed by atoms with Gasteiger partial charge < -0.3 is 19.9 Å². The van der Waals surface area contributed by atoms with E-state index in [1.54, 1.807) is 20.0 Å². The van der Waals surface area contributed by atoms with Gasteiger partial charge in [-0.3, -0.25) is 19.1 Å². The predicted molar refractivity (Wildman–Crippen MR) is 131 cm³/mol. The van der Waals surface area contributed by atoms with E-state index in [1.807, 2.05) is 18.2 Å². The van der Waals surface area contributed by atoms with Crippen LogP contribution in [0.1, 0.15) is 23.0 Å². The summed E-state index contributed by atoms with van der Waals surface area (Å²) in [6.07, 6.45) is 0. The molecule has 0 unspecified atom stereocenters. The van der Waals surface area contributed by atoms with Gasteiger partial charge in [0.2, 0.25) is 0 Å². The second-order valence-electron chi connectivity index (χ2n) is 8.05. The number of aromatic amines is 1. The van der Waals surface area contributed by atoms with Gasteiger partial charge in [-0.2, -0.15) is 0 Å². The highest BCUT2D eigenvalue weighted by Gasteiger charge is 2.21. The fourth-order valence-corrected chi connectivity index (χ4v) is 4.54. The Hall–Kier alpha value is -3.37. The van der Waals surface area contributed by atoms with Crippen LogP contribution in [-0.2, 0) is 13.1 Å². The molecular formula is C23H27ClN6O4. The number of ether oxygens (including phenoxy) is 1. The van der Waals surface area contributed by atoms with Gasteiger partial charge in [0.15, 0.2) is 5.15 Å². The number of anilines is 1. The summed E-state index contributed by atoms with van der Waals surface area (Å²) in [6.45, 7) is 5.72. The van der Waals surface area contributed by atoms with E-state index in [4.69, 9.17) is 16.3 Å². The number of nitrogens with one attached hydrogen (secondary N) is 2. The minimum atomic E-state index is -0.430. The summed E-state index contributed by atoms with van der Waals surface area (Å²) in [5, 5.41) is 3.22. The van der Waals surface area contributed by atoms with Crippen LogP contribution in [0.3, 0.4) is 0 Å². The first-order valence-electron chi connectivity index (χ1n) is 11.1. The zero-order valence-electron chi connectivity index (χ0n) is 19.4. The van der Waals surface area contributed by atoms with Gasteiger partial charge in [-0.15, -0.1) is 0 Å². The highest BCUT2D eigenvalue weighted by Crippen LogP contribution is 2.27. The number of hydrogen-bond acceptors (Lipinski definition) is 7. The smallest absolute Gasteiger partial charge is 0.328 e. The van der Waals surface area contributed by atoms with Crippen molar-refractivity contribution in [3.8, 4) is 5.75 Å². The first-order valence-corrected chi connectivity index (χ1v) is 11.4. The van der Waals surface area contributed by atoms with Crippen molar-refractivity contribution in [3.05, 3.63) is 61.5 Å². The van der Waals surface area contributed by atoms with Crippen LogP contribution < -0.4 is 26.2 Å². The zero-order chi connectivity index (χ0) is 24.4. The molecule has 3 heterocycles. The third-order valence-electron chi connectivity index (χ3n) is 6.05. The molecule has 11 heteroatoms. The van der Waals surface area contributed by atoms with Crippen LogP contribution in [0, 0.1) is 0 Å². The first-order chi connectivity index (χ1) is 16.4. The standard InChI is InChI=1S/C23H27ClN6O4/c1-4-30-22(32)19-16(27-23(30)33)11-14(12-18(19)34-3)13-28-7-9-29(10-8-28)17-6-5-15(21(31)25-2)26-20(17)24/h5-6,11-12H,4,7-10,13H2,1-3H3,(H,25,31)(H,27,33). The van der Waals surface area contributed by atoms with Crippen LogP contribution in [-0.4, -0.2) is 65.7 Å². The molecule has 0 saturated carbocycles. The number of benzene rings is 1. The number of nitrogens with zero attached hydrogens (tertiary/aromatic N) is 4. The van der Waals surface area contributed by atoms with E-state index in [0.29, 0.717) is 28.4 Å². The summed E-state index contributed by atoms with van der Waals surface area (Å²) in [5.41, 5.74) is 1.71. The number of aromatic nitrogens is 3. The monoisotopic (exact) mass is 486 g/mol. The molecule has 0 aliphatic carbocycles. The van der Waals surface area contributed by atoms with E-state index in [9.17, 15) is 14.4 Å². The van der Waals surface area contributed by atoms with Crippen molar-refractivity contribution in [1.82, 2.24) is 24.8 Å². The van der Waals surface area contributed by atoms with Crippen LogP contribution in [0.4, 0.5) is 5.69 Å². The van der Waals surface area contributed by atoms with Gasteiger partial charge in [-0.05, 0) is 36.8 Å². The maximum Gasteiger partial charge on any atom is 0.328 e. The second-order valence-corrected chi connectivity index (χ2v) is 8.41. The van der Waals surface area contributed by atoms with Crippen LogP contribution in [0.15, 0.2) is 33.9 Å². The molecule has 0 radical (unpaired) electrons. The van der Waals surface area contributed by atoms with E-state index in [2.05, 4.69) is 25.1 Å². The Morgan fingerprint density at radius 2 is 1.94 bits per heavy atom. The molecule has 1 amide bonds. The average molecular weight is 487 g/mol. The number of amides is 1. The van der Waals surface area contributed by atoms with Crippen molar-refractivity contribution >= 4 is 34.1 Å². The molecule has 1 aliphatic heterocycles. The second kappa shape index (κ2) is 9.86. The van der Waals surface area contributed by atoms with Crippen LogP contribution >= 0.6 is 11.6 Å². The number of fused-ring (bicyclic) bond motifs is 1. The number of carbonyl (C=O) groups excluding carboxylic acids is 1. The quantitative estimate of drug-likeness (QED) is 0.507. The summed E-state index contributed by atoms with van der Waals surface area (Å²) >= 11 is 6.35. The van der Waals surface area contributed by atoms with Crippen molar-refractivity contribution < 1.29 is 9.53 Å². The van der Waals surface area contributed by atoms with Gasteiger partial charge in [0.05, 0.1) is 18.3 Å². The van der Waals surface area contributed by atoms with E-state index in [-0.39, 0.29) is 23.7 Å². The van der Waals surface area contributed by atoms with Gasteiger partial charge in [-0.1, -0.05) is 11.6 Å². The van der Waals surface area contributed by atoms with E-state index in [1.165, 1.54) is 7.11 Å². The fraction of sp³-hybridized carbons (Fsp3) is 0.391. The van der Waals surface area contributed by atoms with Crippen LogP contribution in [0.5, 0.6) is 5.75 Å². The Kier molecular flexibility index (Phi) is 6.90. The molecule has 0 atom stereocenters. The average Bonchev–Trinajstić information content (AvgIpc) is 2.83. The minimum absolute atomic E-state index is 0.279. The van der Waals surface area contributed by atoms with E-state index < -0.39 is 5.69 Å². The molecule has 1 aromatic carbocycles. The van der Waals surface area contributed by atoms with Gasteiger partial charge >= 0.3 is 5.69 Å². The zero-order valence-corrected chi connectivity index (χ0v) is 20.1. The molecule has 3 aromatic rings. The molecule has 1 saturated heterocycles. The van der Waals surface area contributed by atoms with Crippen molar-refractivity contribution in [3.63, 3.8) is 0 Å². The van der Waals surface area contributed by atoms with Crippen molar-refractivity contribution in [1.29, 1.82) is 0 Å². The highest BCUT2D eigenvalue weighted by atomic mass is 35.5. The maximum absolute atomic E-state index is 12.7. The number of methoxy groups -OCH3 is 1. The summed E-state index contributed by atoms with van der Waals surface area (Å²) in [6, 6.07) is 7.18. The number of hydrogen-bond donors (Lipinski definition) is 2. The largest absolute Gasteiger partial charge is 0.496 e. The Balaban J connectivity index is 1.50. The van der Waals surface area contributed by atoms with Crippen molar-refractivity contribution in [2.24, 2.45) is 0 Å². The lowest BCUT2D eigenvalue weighted by Crippen LogP contribution is -2.46. The molecule has 2 aromatic heterocycles. The fourth-order valence-electron chi connectivity index (χ4n) is 4.26. The number of rotatable bonds is 6. The number of piperazine rings is 1. The number of pyridine rings is 1. The lowest BCUT2D eigenvalue weighted by molar-refractivity contribution is 0.0958. The topological polar surface area (TPSA) is 113 Å². The SMILES string of the molecule is CCn1c(=O)[nH]c2cc(CN3CCN(c4ccc(C(=O)NC)nc4Cl)CC3)cc(OC)c2c1=O. The molecule has 4 rings (SSSR count). The van der Waals surface area contributed by atoms with Gasteiger partial charge in [-0.25, -0.2) is 9.78 Å². The molecule has 2 N–H and O–H groups in total. The Bertz CT molecular complexity index is 1340. The minimum Gasteiger partial charge on any atom is -0.496 e. The van der Waals surface area contributed by atoms with Crippen molar-refractivity contribution in [2.45, 2.75) is 20.0 Å². The van der Waals surface area contributed by atoms with Gasteiger partial charge in [0.25, 0.3) is 11.5 Å². The lowest BCUT2D eigenvalue weighted by Gasteiger charge is -2.36. The normalized spacial score (nSPS) is 14.4. The number of carbonyl (C=O) groups is 1. The first kappa shape index (κ1) is 23.8. The van der Waals surface area contributed by atoms with Gasteiger partial charge in [0.1, 0.15) is 16.8 Å². The van der Waals surface area contributed by atoms with Gasteiger partial charge in [0, 0.05) is 46.3 Å². The summed E-state index contributed by atoms with van der Waals surface area (Å²) < 4.78 is 6.65. The van der Waals surface area contributed by atoms with E-state index in [0.717, 1.165) is 42.0 Å². The molecule has 0 bridgehead atoms. The molecule has 180 valence electrons. The maximum atomic E-state index is 12.7. The number of H-pyrrole nitrogens is 1. The predicted octanol–water partition coefficient (Wildman–Crippen LogP) is 1.45. The lowest BCUT2D eigenvalue weighted by atomic mass is 10.1. The summed E-state index contributed by atoms with van der Waals surface area (Å²) in [4.78, 5) is 48.2. The Morgan fingerprint density at radius 3 is 2.56 bits per heavy atom. The van der Waals surface area contributed by atoms with E-state index >= 15 is 0 Å². The molecule has 1 aliphatic rings. The molecule has 10 nitrogen and oxygen atoms in total. The highest BCUT2D eigenvalue weighted by molar-refractivity contribution is 6.32. The number of halogens is 1. The molecule has 0 spiro atoms. The molecule has 34 heavy (non-hydrogen) atoms. The third kappa shape index (κ3) is 4.51. The summed E-state index contributed by atoms with van der Waals surface area (Å²) in [7, 11) is 3.07. The Labute approximate surface area is 201 Å². The summed E-state index contributed by atoms with van der Waals surface area (Å²) in [5.74, 6) is 0.169.